The summed E-state index contributed by atoms with van der Waals surface area (Å²) >= 11 is 6.00. The van der Waals surface area contributed by atoms with E-state index in [-0.39, 0.29) is 27.8 Å². The summed E-state index contributed by atoms with van der Waals surface area (Å²) in [4.78, 5) is 41.3. The van der Waals surface area contributed by atoms with Crippen LogP contribution in [0.15, 0.2) is 59.5 Å². The smallest absolute Gasteiger partial charge is 0.266 e. The molecule has 2 aliphatic heterocycles. The predicted molar refractivity (Wildman–Crippen MR) is 140 cm³/mol. The molecule has 2 heterocycles. The molecule has 0 spiro atoms. The third-order valence-corrected chi connectivity index (χ3v) is 8.60. The first-order valence-corrected chi connectivity index (χ1v) is 13.8. The Hall–Kier alpha value is -3.69. The molecule has 0 radical (unpaired) electrons. The standard InChI is InChI=1S/C27H22ClN3O5S/c1-15-12-19(5-8-23(15)31-26(33)21-7-4-18(28)14-22(21)27(31)34)29-37(35,36)20-6-9-24-17(13-20)10-11-30(24)25(32)16-2-3-16/h4-9,12-14,16,29H,2-3,10-11H2,1H3. The summed E-state index contributed by atoms with van der Waals surface area (Å²) in [6.07, 6.45) is 2.44. The van der Waals surface area contributed by atoms with Crippen LogP contribution < -0.4 is 14.5 Å². The number of benzene rings is 3. The Morgan fingerprint density at radius 3 is 2.41 bits per heavy atom. The number of imide groups is 1. The number of halogens is 1. The van der Waals surface area contributed by atoms with E-state index in [0.29, 0.717) is 34.9 Å². The van der Waals surface area contributed by atoms with Crippen LogP contribution in [-0.2, 0) is 21.2 Å². The fourth-order valence-corrected chi connectivity index (χ4v) is 6.21. The summed E-state index contributed by atoms with van der Waals surface area (Å²) in [7, 11) is -3.91. The molecule has 0 aromatic heterocycles. The minimum atomic E-state index is -3.91. The second kappa shape index (κ2) is 8.43. The number of sulfonamides is 1. The van der Waals surface area contributed by atoms with E-state index in [2.05, 4.69) is 4.72 Å². The zero-order valence-electron chi connectivity index (χ0n) is 19.8. The van der Waals surface area contributed by atoms with Gasteiger partial charge in [-0.25, -0.2) is 13.3 Å². The van der Waals surface area contributed by atoms with E-state index in [4.69, 9.17) is 11.6 Å². The summed E-state index contributed by atoms with van der Waals surface area (Å²) in [5, 5.41) is 0.358. The highest BCUT2D eigenvalue weighted by molar-refractivity contribution is 7.92. The zero-order chi connectivity index (χ0) is 26.1. The van der Waals surface area contributed by atoms with E-state index < -0.39 is 21.8 Å². The van der Waals surface area contributed by atoms with Crippen LogP contribution in [0.3, 0.4) is 0 Å². The molecule has 0 saturated heterocycles. The second-order valence-corrected chi connectivity index (χ2v) is 11.7. The molecule has 3 aromatic rings. The van der Waals surface area contributed by atoms with Gasteiger partial charge >= 0.3 is 0 Å². The van der Waals surface area contributed by atoms with Crippen molar-refractivity contribution in [1.29, 1.82) is 0 Å². The molecule has 188 valence electrons. The average molecular weight is 536 g/mol. The van der Waals surface area contributed by atoms with Gasteiger partial charge in [-0.15, -0.1) is 0 Å². The van der Waals surface area contributed by atoms with Crippen molar-refractivity contribution in [2.45, 2.75) is 31.1 Å². The third kappa shape index (κ3) is 3.98. The summed E-state index contributed by atoms with van der Waals surface area (Å²) in [6.45, 7) is 2.26. The fraction of sp³-hybridized carbons (Fsp3) is 0.222. The molecule has 8 nitrogen and oxygen atoms in total. The topological polar surface area (TPSA) is 104 Å². The number of carbonyl (C=O) groups is 3. The van der Waals surface area contributed by atoms with Crippen molar-refractivity contribution in [3.63, 3.8) is 0 Å². The van der Waals surface area contributed by atoms with Gasteiger partial charge in [-0.3, -0.25) is 19.1 Å². The van der Waals surface area contributed by atoms with Gasteiger partial charge < -0.3 is 4.90 Å². The summed E-state index contributed by atoms with van der Waals surface area (Å²) in [6, 6.07) is 14.0. The molecule has 3 aliphatic rings. The molecule has 3 amide bonds. The minimum absolute atomic E-state index is 0.0975. The van der Waals surface area contributed by atoms with Crippen molar-refractivity contribution in [3.8, 4) is 0 Å². The number of rotatable bonds is 5. The van der Waals surface area contributed by atoms with Gasteiger partial charge in [0.2, 0.25) is 5.91 Å². The number of nitrogens with zero attached hydrogens (tertiary/aromatic N) is 2. The molecule has 37 heavy (non-hydrogen) atoms. The second-order valence-electron chi connectivity index (χ2n) is 9.55. The maximum atomic E-state index is 13.1. The van der Waals surface area contributed by atoms with Gasteiger partial charge in [0, 0.05) is 28.9 Å². The number of nitrogens with one attached hydrogen (secondary N) is 1. The number of hydrogen-bond acceptors (Lipinski definition) is 5. The number of carbonyl (C=O) groups excluding carboxylic acids is 3. The number of fused-ring (bicyclic) bond motifs is 2. The van der Waals surface area contributed by atoms with E-state index in [1.54, 1.807) is 42.2 Å². The molecule has 3 aromatic carbocycles. The van der Waals surface area contributed by atoms with E-state index in [1.165, 1.54) is 24.3 Å². The molecule has 0 atom stereocenters. The third-order valence-electron chi connectivity index (χ3n) is 6.99. The molecule has 0 bridgehead atoms. The van der Waals surface area contributed by atoms with Gasteiger partial charge in [-0.1, -0.05) is 11.6 Å². The average Bonchev–Trinajstić information content (AvgIpc) is 3.58. The lowest BCUT2D eigenvalue weighted by atomic mass is 10.1. The first-order chi connectivity index (χ1) is 17.6. The maximum absolute atomic E-state index is 13.1. The highest BCUT2D eigenvalue weighted by Crippen LogP contribution is 2.38. The fourth-order valence-electron chi connectivity index (χ4n) is 4.94. The molecular formula is C27H22ClN3O5S. The molecule has 1 aliphatic carbocycles. The van der Waals surface area contributed by atoms with Crippen LogP contribution in [0.5, 0.6) is 0 Å². The van der Waals surface area contributed by atoms with Crippen molar-refractivity contribution in [2.24, 2.45) is 5.92 Å². The Kier molecular flexibility index (Phi) is 5.40. The van der Waals surface area contributed by atoms with Crippen LogP contribution in [-0.4, -0.2) is 32.7 Å². The van der Waals surface area contributed by atoms with E-state index in [9.17, 15) is 22.8 Å². The van der Waals surface area contributed by atoms with E-state index >= 15 is 0 Å². The largest absolute Gasteiger partial charge is 0.312 e. The zero-order valence-corrected chi connectivity index (χ0v) is 21.4. The first-order valence-electron chi connectivity index (χ1n) is 11.9. The summed E-state index contributed by atoms with van der Waals surface area (Å²) < 4.78 is 28.9. The quantitative estimate of drug-likeness (QED) is 0.483. The number of aryl methyl sites for hydroxylation is 1. The van der Waals surface area contributed by atoms with Crippen molar-refractivity contribution >= 4 is 56.4 Å². The molecule has 0 unspecified atom stereocenters. The molecule has 1 N–H and O–H groups in total. The highest BCUT2D eigenvalue weighted by Gasteiger charge is 2.38. The highest BCUT2D eigenvalue weighted by atomic mass is 35.5. The van der Waals surface area contributed by atoms with Crippen LogP contribution in [0.4, 0.5) is 17.1 Å². The van der Waals surface area contributed by atoms with Crippen molar-refractivity contribution in [1.82, 2.24) is 0 Å². The lowest BCUT2D eigenvalue weighted by Gasteiger charge is -2.18. The summed E-state index contributed by atoms with van der Waals surface area (Å²) in [5.41, 5.74) is 3.31. The maximum Gasteiger partial charge on any atom is 0.266 e. The van der Waals surface area contributed by atoms with E-state index in [0.717, 1.165) is 29.0 Å². The van der Waals surface area contributed by atoms with Crippen LogP contribution in [0, 0.1) is 12.8 Å². The molecular weight excluding hydrogens is 514 g/mol. The van der Waals surface area contributed by atoms with Crippen molar-refractivity contribution in [3.05, 3.63) is 81.9 Å². The molecule has 1 fully saturated rings. The van der Waals surface area contributed by atoms with Crippen LogP contribution in [0.2, 0.25) is 5.02 Å². The Morgan fingerprint density at radius 1 is 0.946 bits per heavy atom. The van der Waals surface area contributed by atoms with Crippen molar-refractivity contribution in [2.75, 3.05) is 21.1 Å². The predicted octanol–water partition coefficient (Wildman–Crippen LogP) is 4.55. The van der Waals surface area contributed by atoms with Gasteiger partial charge in [0.05, 0.1) is 21.7 Å². The normalized spacial score (nSPS) is 16.7. The Bertz CT molecular complexity index is 1630. The van der Waals surface area contributed by atoms with Crippen molar-refractivity contribution < 1.29 is 22.8 Å². The lowest BCUT2D eigenvalue weighted by molar-refractivity contribution is -0.119. The Labute approximate surface area is 218 Å². The Morgan fingerprint density at radius 2 is 1.68 bits per heavy atom. The molecule has 1 saturated carbocycles. The number of amides is 3. The molecule has 6 rings (SSSR count). The monoisotopic (exact) mass is 535 g/mol. The van der Waals surface area contributed by atoms with Gasteiger partial charge in [-0.05, 0) is 91.9 Å². The molecule has 10 heteroatoms. The Balaban J connectivity index is 1.23. The van der Waals surface area contributed by atoms with Crippen LogP contribution in [0.25, 0.3) is 0 Å². The van der Waals surface area contributed by atoms with E-state index in [1.807, 2.05) is 0 Å². The SMILES string of the molecule is Cc1cc(NS(=O)(=O)c2ccc3c(c2)CCN3C(=O)C2CC2)ccc1N1C(=O)c2ccc(Cl)cc2C1=O. The minimum Gasteiger partial charge on any atom is -0.312 e. The van der Waals surface area contributed by atoms with Crippen LogP contribution in [0.1, 0.15) is 44.7 Å². The van der Waals surface area contributed by atoms with Gasteiger partial charge in [0.25, 0.3) is 21.8 Å². The van der Waals surface area contributed by atoms with Crippen LogP contribution >= 0.6 is 11.6 Å². The first kappa shape index (κ1) is 23.7. The lowest BCUT2D eigenvalue weighted by Crippen LogP contribution is -2.30. The number of hydrogen-bond donors (Lipinski definition) is 1. The van der Waals surface area contributed by atoms with Gasteiger partial charge in [-0.2, -0.15) is 0 Å². The van der Waals surface area contributed by atoms with Gasteiger partial charge in [0.1, 0.15) is 0 Å². The number of anilines is 3. The van der Waals surface area contributed by atoms with Gasteiger partial charge in [0.15, 0.2) is 0 Å². The summed E-state index contributed by atoms with van der Waals surface area (Å²) in [5.74, 6) is -0.726.